The van der Waals surface area contributed by atoms with Crippen molar-refractivity contribution in [2.24, 2.45) is 12.0 Å². The number of aliphatic imine (C=N–C) groups is 1. The third-order valence-electron chi connectivity index (χ3n) is 3.20. The summed E-state index contributed by atoms with van der Waals surface area (Å²) in [6.45, 7) is 0. The standard InChI is InChI=1S/C16H15N3O2S/c1-19-8-4-6-12(19)10-14-15(20)18-16(22-14)17-11-5-3-7-13(9-11)21-2/h3-10H,1-2H3,(H,17,18,20). The second kappa shape index (κ2) is 6.11. The minimum absolute atomic E-state index is 0.132. The van der Waals surface area contributed by atoms with E-state index < -0.39 is 0 Å². The van der Waals surface area contributed by atoms with Gasteiger partial charge >= 0.3 is 0 Å². The number of aromatic nitrogens is 1. The summed E-state index contributed by atoms with van der Waals surface area (Å²) in [6, 6.07) is 11.3. The number of amides is 1. The fourth-order valence-electron chi connectivity index (χ4n) is 2.04. The van der Waals surface area contributed by atoms with Gasteiger partial charge in [-0.2, -0.15) is 0 Å². The summed E-state index contributed by atoms with van der Waals surface area (Å²) < 4.78 is 7.12. The van der Waals surface area contributed by atoms with Crippen LogP contribution in [-0.2, 0) is 11.8 Å². The van der Waals surface area contributed by atoms with E-state index in [0.29, 0.717) is 10.1 Å². The van der Waals surface area contributed by atoms with Gasteiger partial charge in [-0.05, 0) is 42.1 Å². The summed E-state index contributed by atoms with van der Waals surface area (Å²) in [7, 11) is 3.55. The maximum absolute atomic E-state index is 12.0. The van der Waals surface area contributed by atoms with E-state index in [2.05, 4.69) is 10.3 Å². The van der Waals surface area contributed by atoms with Crippen molar-refractivity contribution in [2.45, 2.75) is 0 Å². The van der Waals surface area contributed by atoms with E-state index in [1.165, 1.54) is 11.8 Å². The molecule has 0 radical (unpaired) electrons. The first-order valence-electron chi connectivity index (χ1n) is 6.71. The van der Waals surface area contributed by atoms with E-state index in [4.69, 9.17) is 4.74 Å². The molecule has 1 amide bonds. The minimum Gasteiger partial charge on any atom is -0.497 e. The zero-order valence-corrected chi connectivity index (χ0v) is 13.1. The zero-order chi connectivity index (χ0) is 15.5. The van der Waals surface area contributed by atoms with Crippen LogP contribution in [0.25, 0.3) is 6.08 Å². The minimum atomic E-state index is -0.132. The first-order valence-corrected chi connectivity index (χ1v) is 7.52. The molecule has 6 heteroatoms. The highest BCUT2D eigenvalue weighted by atomic mass is 32.2. The van der Waals surface area contributed by atoms with Crippen LogP contribution < -0.4 is 10.1 Å². The van der Waals surface area contributed by atoms with Gasteiger partial charge in [0.05, 0.1) is 17.7 Å². The molecule has 3 rings (SSSR count). The van der Waals surface area contributed by atoms with Gasteiger partial charge in [0, 0.05) is 25.0 Å². The van der Waals surface area contributed by atoms with E-state index in [0.717, 1.165) is 17.1 Å². The smallest absolute Gasteiger partial charge is 0.264 e. The molecule has 0 aliphatic carbocycles. The lowest BCUT2D eigenvalue weighted by molar-refractivity contribution is -0.115. The molecule has 1 aromatic heterocycles. The number of nitrogens with one attached hydrogen (secondary N) is 1. The number of carbonyl (C=O) groups is 1. The number of benzene rings is 1. The predicted octanol–water partition coefficient (Wildman–Crippen LogP) is 2.93. The number of methoxy groups -OCH3 is 1. The molecule has 1 N–H and O–H groups in total. The van der Waals surface area contributed by atoms with Gasteiger partial charge in [0.25, 0.3) is 5.91 Å². The van der Waals surface area contributed by atoms with Crippen LogP contribution in [-0.4, -0.2) is 22.8 Å². The van der Waals surface area contributed by atoms with Crippen molar-refractivity contribution in [1.29, 1.82) is 0 Å². The summed E-state index contributed by atoms with van der Waals surface area (Å²) in [4.78, 5) is 17.1. The quantitative estimate of drug-likeness (QED) is 0.887. The van der Waals surface area contributed by atoms with E-state index in [9.17, 15) is 4.79 Å². The van der Waals surface area contributed by atoms with Crippen molar-refractivity contribution < 1.29 is 9.53 Å². The van der Waals surface area contributed by atoms with Crippen LogP contribution in [0.5, 0.6) is 5.75 Å². The highest BCUT2D eigenvalue weighted by Crippen LogP contribution is 2.28. The molecule has 1 saturated heterocycles. The Labute approximate surface area is 132 Å². The molecule has 1 fully saturated rings. The van der Waals surface area contributed by atoms with Gasteiger partial charge in [-0.1, -0.05) is 6.07 Å². The molecular formula is C16H15N3O2S. The fraction of sp³-hybridized carbons (Fsp3) is 0.125. The number of carbonyl (C=O) groups excluding carboxylic acids is 1. The highest BCUT2D eigenvalue weighted by molar-refractivity contribution is 8.18. The van der Waals surface area contributed by atoms with E-state index in [1.807, 2.05) is 60.3 Å². The molecule has 112 valence electrons. The Kier molecular flexibility index (Phi) is 4.02. The first kappa shape index (κ1) is 14.5. The molecule has 22 heavy (non-hydrogen) atoms. The second-order valence-corrected chi connectivity index (χ2v) is 5.76. The van der Waals surface area contributed by atoms with Crippen molar-refractivity contribution in [3.05, 3.63) is 53.2 Å². The molecule has 1 aliphatic heterocycles. The lowest BCUT2D eigenvalue weighted by Crippen LogP contribution is -2.19. The third kappa shape index (κ3) is 3.07. The average molecular weight is 313 g/mol. The topological polar surface area (TPSA) is 55.6 Å². The van der Waals surface area contributed by atoms with Gasteiger partial charge in [-0.3, -0.25) is 4.79 Å². The molecular weight excluding hydrogens is 298 g/mol. The van der Waals surface area contributed by atoms with Gasteiger partial charge < -0.3 is 14.6 Å². The van der Waals surface area contributed by atoms with Crippen LogP contribution >= 0.6 is 11.8 Å². The summed E-state index contributed by atoms with van der Waals surface area (Å²) in [5, 5.41) is 3.35. The van der Waals surface area contributed by atoms with Gasteiger partial charge in [0.1, 0.15) is 5.75 Å². The molecule has 2 aromatic rings. The van der Waals surface area contributed by atoms with E-state index in [-0.39, 0.29) is 5.91 Å². The number of hydrogen-bond donors (Lipinski definition) is 1. The zero-order valence-electron chi connectivity index (χ0n) is 12.2. The van der Waals surface area contributed by atoms with Crippen molar-refractivity contribution in [3.63, 3.8) is 0 Å². The monoisotopic (exact) mass is 313 g/mol. The van der Waals surface area contributed by atoms with Crippen LogP contribution in [0.2, 0.25) is 0 Å². The summed E-state index contributed by atoms with van der Waals surface area (Å²) in [5.74, 6) is 0.601. The fourth-order valence-corrected chi connectivity index (χ4v) is 2.86. The number of amidine groups is 1. The van der Waals surface area contributed by atoms with Crippen LogP contribution in [0.15, 0.2) is 52.5 Å². The molecule has 0 bridgehead atoms. The molecule has 0 spiro atoms. The number of aryl methyl sites for hydroxylation is 1. The van der Waals surface area contributed by atoms with Crippen molar-refractivity contribution in [2.75, 3.05) is 7.11 Å². The highest BCUT2D eigenvalue weighted by Gasteiger charge is 2.24. The summed E-state index contributed by atoms with van der Waals surface area (Å²) in [6.07, 6.45) is 3.79. The average Bonchev–Trinajstić information content (AvgIpc) is 3.06. The van der Waals surface area contributed by atoms with E-state index >= 15 is 0 Å². The van der Waals surface area contributed by atoms with Crippen LogP contribution in [0.3, 0.4) is 0 Å². The molecule has 0 unspecified atom stereocenters. The lowest BCUT2D eigenvalue weighted by atomic mass is 10.3. The Bertz CT molecular complexity index is 777. The maximum Gasteiger partial charge on any atom is 0.264 e. The molecule has 5 nitrogen and oxygen atoms in total. The van der Waals surface area contributed by atoms with Gasteiger partial charge in [-0.25, -0.2) is 4.99 Å². The second-order valence-electron chi connectivity index (χ2n) is 4.73. The Morgan fingerprint density at radius 1 is 1.32 bits per heavy atom. The largest absolute Gasteiger partial charge is 0.497 e. The van der Waals surface area contributed by atoms with E-state index in [1.54, 1.807) is 7.11 Å². The Morgan fingerprint density at radius 3 is 2.91 bits per heavy atom. The Balaban J connectivity index is 1.83. The van der Waals surface area contributed by atoms with Crippen molar-refractivity contribution in [3.8, 4) is 5.75 Å². The molecule has 2 heterocycles. The van der Waals surface area contributed by atoms with Crippen LogP contribution in [0, 0.1) is 0 Å². The van der Waals surface area contributed by atoms with Gasteiger partial charge in [0.2, 0.25) is 0 Å². The number of rotatable bonds is 3. The van der Waals surface area contributed by atoms with Gasteiger partial charge in [-0.15, -0.1) is 0 Å². The molecule has 1 aliphatic rings. The third-order valence-corrected chi connectivity index (χ3v) is 4.11. The number of hydrogen-bond acceptors (Lipinski definition) is 4. The molecule has 1 aromatic carbocycles. The van der Waals surface area contributed by atoms with Crippen LogP contribution in [0.4, 0.5) is 5.69 Å². The van der Waals surface area contributed by atoms with Crippen molar-refractivity contribution >= 4 is 34.6 Å². The predicted molar refractivity (Wildman–Crippen MR) is 89.2 cm³/mol. The van der Waals surface area contributed by atoms with Crippen molar-refractivity contribution in [1.82, 2.24) is 9.88 Å². The summed E-state index contributed by atoms with van der Waals surface area (Å²) in [5.41, 5.74) is 1.71. The maximum atomic E-state index is 12.0. The first-order chi connectivity index (χ1) is 10.7. The molecule has 0 saturated carbocycles. The Morgan fingerprint density at radius 2 is 2.18 bits per heavy atom. The van der Waals surface area contributed by atoms with Crippen LogP contribution in [0.1, 0.15) is 5.69 Å². The molecule has 0 atom stereocenters. The lowest BCUT2D eigenvalue weighted by Gasteiger charge is -2.00. The SMILES string of the molecule is COc1cccc(N=C2NC(=O)C(=Cc3cccn3C)S2)c1. The number of thioether (sulfide) groups is 1. The van der Waals surface area contributed by atoms with Gasteiger partial charge in [0.15, 0.2) is 5.17 Å². The number of ether oxygens (including phenoxy) is 1. The number of nitrogens with zero attached hydrogens (tertiary/aromatic N) is 2. The Hall–Kier alpha value is -2.47. The summed E-state index contributed by atoms with van der Waals surface area (Å²) >= 11 is 1.33. The normalized spacial score (nSPS) is 18.0.